The van der Waals surface area contributed by atoms with Crippen LogP contribution in [-0.4, -0.2) is 18.4 Å². The topological polar surface area (TPSA) is 43.4 Å². The first kappa shape index (κ1) is 12.9. The second-order valence-corrected chi connectivity index (χ2v) is 4.03. The van der Waals surface area contributed by atoms with Crippen molar-refractivity contribution in [2.75, 3.05) is 6.61 Å². The molecule has 0 rings (SSSR count). The van der Waals surface area contributed by atoms with Crippen molar-refractivity contribution in [2.24, 2.45) is 5.41 Å². The van der Waals surface area contributed by atoms with Crippen molar-refractivity contribution in [1.82, 2.24) is 0 Å². The Hall–Kier alpha value is -1.12. The van der Waals surface area contributed by atoms with Gasteiger partial charge in [0.05, 0.1) is 6.61 Å². The van der Waals surface area contributed by atoms with E-state index in [1.165, 1.54) is 6.08 Å². The van der Waals surface area contributed by atoms with E-state index < -0.39 is 5.97 Å². The molecule has 0 aromatic heterocycles. The Morgan fingerprint density at radius 3 is 2.29 bits per heavy atom. The van der Waals surface area contributed by atoms with E-state index in [-0.39, 0.29) is 17.6 Å². The molecule has 3 nitrogen and oxygen atoms in total. The summed E-state index contributed by atoms with van der Waals surface area (Å²) in [4.78, 5) is 22.3. The summed E-state index contributed by atoms with van der Waals surface area (Å²) in [6, 6.07) is 0. The molecule has 0 aliphatic heterocycles. The van der Waals surface area contributed by atoms with E-state index >= 15 is 0 Å². The van der Waals surface area contributed by atoms with Crippen LogP contribution < -0.4 is 0 Å². The van der Waals surface area contributed by atoms with Gasteiger partial charge in [0.25, 0.3) is 0 Å². The predicted molar refractivity (Wildman–Crippen MR) is 54.9 cm³/mol. The third-order valence-electron chi connectivity index (χ3n) is 1.68. The summed E-state index contributed by atoms with van der Waals surface area (Å²) in [6.07, 6.45) is 3.13. The monoisotopic (exact) mass is 198 g/mol. The molecule has 0 saturated carbocycles. The molecule has 0 atom stereocenters. The van der Waals surface area contributed by atoms with E-state index in [1.807, 2.05) is 20.8 Å². The van der Waals surface area contributed by atoms with E-state index in [9.17, 15) is 9.59 Å². The average molecular weight is 198 g/mol. The molecule has 0 aliphatic rings. The average Bonchev–Trinajstić information content (AvgIpc) is 2.02. The van der Waals surface area contributed by atoms with Crippen LogP contribution in [0.3, 0.4) is 0 Å². The molecule has 0 fully saturated rings. The molecule has 0 aromatic carbocycles. The Morgan fingerprint density at radius 2 is 1.86 bits per heavy atom. The lowest BCUT2D eigenvalue weighted by Gasteiger charge is -2.14. The number of hydrogen-bond donors (Lipinski definition) is 0. The minimum Gasteiger partial charge on any atom is -0.463 e. The summed E-state index contributed by atoms with van der Waals surface area (Å²) in [5.74, 6) is -0.285. The summed E-state index contributed by atoms with van der Waals surface area (Å²) in [5.41, 5.74) is -0.348. The van der Waals surface area contributed by atoms with Gasteiger partial charge in [-0.25, -0.2) is 4.79 Å². The second kappa shape index (κ2) is 5.58. The SMILES string of the molecule is CCOC(=O)/C=C/CC(=O)C(C)(C)C. The van der Waals surface area contributed by atoms with Crippen LogP contribution in [0.2, 0.25) is 0 Å². The predicted octanol–water partition coefficient (Wildman–Crippen LogP) is 2.11. The second-order valence-electron chi connectivity index (χ2n) is 4.03. The maximum absolute atomic E-state index is 11.4. The van der Waals surface area contributed by atoms with Crippen molar-refractivity contribution in [1.29, 1.82) is 0 Å². The van der Waals surface area contributed by atoms with Gasteiger partial charge in [0.15, 0.2) is 0 Å². The van der Waals surface area contributed by atoms with Gasteiger partial charge in [0, 0.05) is 17.9 Å². The molecule has 0 unspecified atom stereocenters. The van der Waals surface area contributed by atoms with Crippen LogP contribution in [0, 0.1) is 5.41 Å². The van der Waals surface area contributed by atoms with Crippen molar-refractivity contribution in [3.63, 3.8) is 0 Å². The minimum atomic E-state index is -0.394. The number of carbonyl (C=O) groups excluding carboxylic acids is 2. The molecule has 0 spiro atoms. The number of allylic oxidation sites excluding steroid dienone is 1. The highest BCUT2D eigenvalue weighted by Gasteiger charge is 2.19. The van der Waals surface area contributed by atoms with Gasteiger partial charge in [-0.05, 0) is 6.92 Å². The molecule has 0 N–H and O–H groups in total. The van der Waals surface area contributed by atoms with Crippen molar-refractivity contribution in [3.05, 3.63) is 12.2 Å². The normalized spacial score (nSPS) is 11.7. The Balaban J connectivity index is 3.95. The zero-order chi connectivity index (χ0) is 11.2. The molecule has 0 aromatic rings. The smallest absolute Gasteiger partial charge is 0.330 e. The first-order chi connectivity index (χ1) is 6.38. The fourth-order valence-electron chi connectivity index (χ4n) is 0.759. The standard InChI is InChI=1S/C11H18O3/c1-5-14-10(13)8-6-7-9(12)11(2,3)4/h6,8H,5,7H2,1-4H3/b8-6+. The lowest BCUT2D eigenvalue weighted by molar-refractivity contribution is -0.137. The highest BCUT2D eigenvalue weighted by atomic mass is 16.5. The van der Waals surface area contributed by atoms with Crippen LogP contribution in [0.15, 0.2) is 12.2 Å². The van der Waals surface area contributed by atoms with Crippen molar-refractivity contribution in [3.8, 4) is 0 Å². The quantitative estimate of drug-likeness (QED) is 0.513. The fourth-order valence-corrected chi connectivity index (χ4v) is 0.759. The van der Waals surface area contributed by atoms with Gasteiger partial charge in [-0.1, -0.05) is 26.8 Å². The molecule has 0 saturated heterocycles. The third-order valence-corrected chi connectivity index (χ3v) is 1.68. The number of ether oxygens (including phenoxy) is 1. The van der Waals surface area contributed by atoms with Gasteiger partial charge in [0.2, 0.25) is 0 Å². The van der Waals surface area contributed by atoms with Crippen LogP contribution in [0.1, 0.15) is 34.1 Å². The van der Waals surface area contributed by atoms with Gasteiger partial charge in [0.1, 0.15) is 5.78 Å². The zero-order valence-corrected chi connectivity index (χ0v) is 9.29. The van der Waals surface area contributed by atoms with Gasteiger partial charge in [-0.2, -0.15) is 0 Å². The van der Waals surface area contributed by atoms with E-state index in [1.54, 1.807) is 13.0 Å². The molecule has 14 heavy (non-hydrogen) atoms. The van der Waals surface area contributed by atoms with E-state index in [4.69, 9.17) is 0 Å². The van der Waals surface area contributed by atoms with Crippen LogP contribution in [0.5, 0.6) is 0 Å². The molecule has 0 bridgehead atoms. The summed E-state index contributed by atoms with van der Waals surface area (Å²) in [6.45, 7) is 7.66. The number of esters is 1. The van der Waals surface area contributed by atoms with Gasteiger partial charge < -0.3 is 4.74 Å². The molecular weight excluding hydrogens is 180 g/mol. The van der Waals surface area contributed by atoms with Gasteiger partial charge >= 0.3 is 5.97 Å². The summed E-state index contributed by atoms with van der Waals surface area (Å²) < 4.78 is 4.67. The summed E-state index contributed by atoms with van der Waals surface area (Å²) in [5, 5.41) is 0. The van der Waals surface area contributed by atoms with Crippen molar-refractivity contribution >= 4 is 11.8 Å². The van der Waals surface area contributed by atoms with Crippen molar-refractivity contribution < 1.29 is 14.3 Å². The van der Waals surface area contributed by atoms with Crippen molar-refractivity contribution in [2.45, 2.75) is 34.1 Å². The molecule has 3 heteroatoms. The lowest BCUT2D eigenvalue weighted by Crippen LogP contribution is -2.18. The maximum Gasteiger partial charge on any atom is 0.330 e. The first-order valence-electron chi connectivity index (χ1n) is 4.74. The van der Waals surface area contributed by atoms with Gasteiger partial charge in [-0.3, -0.25) is 4.79 Å². The number of Topliss-reactive ketones (excluding diaryl/α,β-unsaturated/α-hetero) is 1. The van der Waals surface area contributed by atoms with Crippen LogP contribution in [-0.2, 0) is 14.3 Å². The molecule has 0 radical (unpaired) electrons. The summed E-state index contributed by atoms with van der Waals surface area (Å²) in [7, 11) is 0. The Bertz CT molecular complexity index is 233. The Kier molecular flexibility index (Phi) is 5.13. The molecule has 0 aliphatic carbocycles. The highest BCUT2D eigenvalue weighted by molar-refractivity contribution is 5.87. The number of rotatable bonds is 4. The maximum atomic E-state index is 11.4. The molecule has 0 heterocycles. The molecule has 80 valence electrons. The van der Waals surface area contributed by atoms with E-state index in [0.717, 1.165) is 0 Å². The van der Waals surface area contributed by atoms with Gasteiger partial charge in [-0.15, -0.1) is 0 Å². The fraction of sp³-hybridized carbons (Fsp3) is 0.636. The summed E-state index contributed by atoms with van der Waals surface area (Å²) >= 11 is 0. The Morgan fingerprint density at radius 1 is 1.29 bits per heavy atom. The molecular formula is C11H18O3. The Labute approximate surface area is 85.1 Å². The van der Waals surface area contributed by atoms with E-state index in [0.29, 0.717) is 6.61 Å². The third kappa shape index (κ3) is 5.51. The zero-order valence-electron chi connectivity index (χ0n) is 9.29. The highest BCUT2D eigenvalue weighted by Crippen LogP contribution is 2.16. The number of ketones is 1. The largest absolute Gasteiger partial charge is 0.463 e. The number of hydrogen-bond acceptors (Lipinski definition) is 3. The molecule has 0 amide bonds. The van der Waals surface area contributed by atoms with E-state index in [2.05, 4.69) is 4.74 Å². The van der Waals surface area contributed by atoms with Crippen LogP contribution >= 0.6 is 0 Å². The van der Waals surface area contributed by atoms with Crippen LogP contribution in [0.4, 0.5) is 0 Å². The first-order valence-corrected chi connectivity index (χ1v) is 4.74. The van der Waals surface area contributed by atoms with Crippen LogP contribution in [0.25, 0.3) is 0 Å². The number of carbonyl (C=O) groups is 2. The lowest BCUT2D eigenvalue weighted by atomic mass is 9.89. The minimum absolute atomic E-state index is 0.109.